The predicted octanol–water partition coefficient (Wildman–Crippen LogP) is 3.01. The smallest absolute Gasteiger partial charge is 0.312 e. The van der Waals surface area contributed by atoms with Gasteiger partial charge in [0.2, 0.25) is 0 Å². The molecular weight excluding hydrogens is 228 g/mol. The number of halogens is 1. The van der Waals surface area contributed by atoms with Crippen molar-refractivity contribution in [1.29, 1.82) is 0 Å². The molecule has 1 rings (SSSR count). The van der Waals surface area contributed by atoms with Crippen molar-refractivity contribution in [1.82, 2.24) is 0 Å². The Bertz CT molecular complexity index is 350. The number of carbonyl (C=O) groups excluding carboxylic acids is 1. The molecule has 0 saturated heterocycles. The molecule has 16 heavy (non-hydrogen) atoms. The zero-order valence-electron chi connectivity index (χ0n) is 9.40. The molecule has 0 amide bonds. The van der Waals surface area contributed by atoms with E-state index in [9.17, 15) is 4.79 Å². The summed E-state index contributed by atoms with van der Waals surface area (Å²) in [5.41, 5.74) is 0. The molecule has 88 valence electrons. The highest BCUT2D eigenvalue weighted by Gasteiger charge is 2.10. The van der Waals surface area contributed by atoms with Crippen molar-refractivity contribution in [2.24, 2.45) is 0 Å². The molecule has 0 atom stereocenters. The average Bonchev–Trinajstić information content (AvgIpc) is 2.20. The maximum atomic E-state index is 11.3. The van der Waals surface area contributed by atoms with Gasteiger partial charge < -0.3 is 9.47 Å². The van der Waals surface area contributed by atoms with Gasteiger partial charge in [-0.25, -0.2) is 0 Å². The van der Waals surface area contributed by atoms with Gasteiger partial charge in [0.15, 0.2) is 11.5 Å². The van der Waals surface area contributed by atoms with E-state index in [0.717, 1.165) is 0 Å². The Morgan fingerprint density at radius 1 is 1.31 bits per heavy atom. The number of alkyl halides is 1. The monoisotopic (exact) mass is 242 g/mol. The van der Waals surface area contributed by atoms with Crippen LogP contribution in [-0.2, 0) is 4.79 Å². The Hall–Kier alpha value is -1.22. The molecule has 0 radical (unpaired) electrons. The quantitative estimate of drug-likeness (QED) is 0.452. The van der Waals surface area contributed by atoms with Gasteiger partial charge >= 0.3 is 5.97 Å². The zero-order chi connectivity index (χ0) is 12.0. The number of hydrogen-bond donors (Lipinski definition) is 0. The largest absolute Gasteiger partial charge is 0.487 e. The van der Waals surface area contributed by atoms with E-state index in [4.69, 9.17) is 21.1 Å². The SMILES string of the molecule is CC(C)Oc1ccccc1OC(=O)CCCl. The lowest BCUT2D eigenvalue weighted by molar-refractivity contribution is -0.134. The topological polar surface area (TPSA) is 35.5 Å². The number of carbonyl (C=O) groups is 1. The van der Waals surface area contributed by atoms with E-state index in [-0.39, 0.29) is 24.4 Å². The van der Waals surface area contributed by atoms with E-state index < -0.39 is 0 Å². The van der Waals surface area contributed by atoms with E-state index in [0.29, 0.717) is 11.5 Å². The second-order valence-electron chi connectivity index (χ2n) is 3.53. The van der Waals surface area contributed by atoms with E-state index in [1.165, 1.54) is 0 Å². The average molecular weight is 243 g/mol. The van der Waals surface area contributed by atoms with Gasteiger partial charge in [0.1, 0.15) is 0 Å². The Morgan fingerprint density at radius 2 is 1.94 bits per heavy atom. The Kier molecular flexibility index (Phi) is 5.12. The van der Waals surface area contributed by atoms with Gasteiger partial charge in [-0.2, -0.15) is 0 Å². The highest BCUT2D eigenvalue weighted by Crippen LogP contribution is 2.27. The fourth-order valence-electron chi connectivity index (χ4n) is 1.14. The fourth-order valence-corrected chi connectivity index (χ4v) is 1.29. The molecule has 0 aliphatic heterocycles. The van der Waals surface area contributed by atoms with Crippen molar-refractivity contribution in [2.45, 2.75) is 26.4 Å². The van der Waals surface area contributed by atoms with E-state index in [2.05, 4.69) is 0 Å². The summed E-state index contributed by atoms with van der Waals surface area (Å²) in [5.74, 6) is 0.910. The lowest BCUT2D eigenvalue weighted by Crippen LogP contribution is -2.11. The molecule has 0 spiro atoms. The Balaban J connectivity index is 2.74. The van der Waals surface area contributed by atoms with Crippen molar-refractivity contribution in [3.8, 4) is 11.5 Å². The van der Waals surface area contributed by atoms with Crippen LogP contribution in [-0.4, -0.2) is 18.0 Å². The summed E-state index contributed by atoms with van der Waals surface area (Å²) in [7, 11) is 0. The van der Waals surface area contributed by atoms with Gasteiger partial charge in [-0.05, 0) is 26.0 Å². The Morgan fingerprint density at radius 3 is 2.50 bits per heavy atom. The predicted molar refractivity (Wildman–Crippen MR) is 63.2 cm³/mol. The lowest BCUT2D eigenvalue weighted by Gasteiger charge is -2.13. The molecule has 0 bridgehead atoms. The normalized spacial score (nSPS) is 10.2. The fraction of sp³-hybridized carbons (Fsp3) is 0.417. The molecule has 0 aromatic heterocycles. The maximum absolute atomic E-state index is 11.3. The first-order chi connectivity index (χ1) is 7.63. The van der Waals surface area contributed by atoms with Crippen LogP contribution in [0.4, 0.5) is 0 Å². The van der Waals surface area contributed by atoms with Crippen LogP contribution in [0.2, 0.25) is 0 Å². The van der Waals surface area contributed by atoms with Crippen LogP contribution in [0.3, 0.4) is 0 Å². The van der Waals surface area contributed by atoms with Crippen LogP contribution < -0.4 is 9.47 Å². The summed E-state index contributed by atoms with van der Waals surface area (Å²) in [4.78, 5) is 11.3. The first-order valence-electron chi connectivity index (χ1n) is 5.16. The minimum atomic E-state index is -0.352. The van der Waals surface area contributed by atoms with Crippen LogP contribution in [0.15, 0.2) is 24.3 Å². The zero-order valence-corrected chi connectivity index (χ0v) is 10.2. The molecule has 0 unspecified atom stereocenters. The van der Waals surface area contributed by atoms with Gasteiger partial charge in [-0.1, -0.05) is 12.1 Å². The van der Waals surface area contributed by atoms with E-state index in [1.807, 2.05) is 19.9 Å². The third kappa shape index (κ3) is 4.11. The third-order valence-electron chi connectivity index (χ3n) is 1.73. The van der Waals surface area contributed by atoms with Crippen molar-refractivity contribution in [2.75, 3.05) is 5.88 Å². The number of ether oxygens (including phenoxy) is 2. The molecule has 0 heterocycles. The summed E-state index contributed by atoms with van der Waals surface area (Å²) >= 11 is 5.45. The van der Waals surface area contributed by atoms with Gasteiger partial charge in [0.25, 0.3) is 0 Å². The molecule has 0 aliphatic carbocycles. The van der Waals surface area contributed by atoms with Crippen LogP contribution >= 0.6 is 11.6 Å². The number of benzene rings is 1. The molecule has 0 aliphatic rings. The van der Waals surface area contributed by atoms with Crippen molar-refractivity contribution in [3.05, 3.63) is 24.3 Å². The second kappa shape index (κ2) is 6.38. The molecule has 0 fully saturated rings. The standard InChI is InChI=1S/C12H15ClO3/c1-9(2)15-10-5-3-4-6-11(10)16-12(14)7-8-13/h3-6,9H,7-8H2,1-2H3. The summed E-state index contributed by atoms with van der Waals surface area (Å²) in [6.07, 6.45) is 0.227. The van der Waals surface area contributed by atoms with Gasteiger partial charge in [0, 0.05) is 5.88 Å². The minimum Gasteiger partial charge on any atom is -0.487 e. The lowest BCUT2D eigenvalue weighted by atomic mass is 10.3. The van der Waals surface area contributed by atoms with Crippen LogP contribution in [0.5, 0.6) is 11.5 Å². The minimum absolute atomic E-state index is 0.0351. The Labute approximate surface area is 100 Å². The highest BCUT2D eigenvalue weighted by molar-refractivity contribution is 6.18. The van der Waals surface area contributed by atoms with Crippen LogP contribution in [0.25, 0.3) is 0 Å². The number of hydrogen-bond acceptors (Lipinski definition) is 3. The molecule has 4 heteroatoms. The molecule has 0 N–H and O–H groups in total. The first kappa shape index (κ1) is 12.8. The summed E-state index contributed by atoms with van der Waals surface area (Å²) in [6, 6.07) is 7.08. The molecular formula is C12H15ClO3. The molecule has 1 aromatic carbocycles. The number of esters is 1. The van der Waals surface area contributed by atoms with Crippen LogP contribution in [0, 0.1) is 0 Å². The molecule has 3 nitrogen and oxygen atoms in total. The highest BCUT2D eigenvalue weighted by atomic mass is 35.5. The van der Waals surface area contributed by atoms with E-state index >= 15 is 0 Å². The van der Waals surface area contributed by atoms with Crippen molar-refractivity contribution >= 4 is 17.6 Å². The summed E-state index contributed by atoms with van der Waals surface area (Å²) < 4.78 is 10.7. The van der Waals surface area contributed by atoms with Crippen LogP contribution in [0.1, 0.15) is 20.3 Å². The maximum Gasteiger partial charge on any atom is 0.312 e. The van der Waals surface area contributed by atoms with Gasteiger partial charge in [-0.3, -0.25) is 4.79 Å². The van der Waals surface area contributed by atoms with Gasteiger partial charge in [0.05, 0.1) is 12.5 Å². The molecule has 1 aromatic rings. The third-order valence-corrected chi connectivity index (χ3v) is 1.92. The first-order valence-corrected chi connectivity index (χ1v) is 5.69. The second-order valence-corrected chi connectivity index (χ2v) is 3.90. The van der Waals surface area contributed by atoms with Gasteiger partial charge in [-0.15, -0.1) is 11.6 Å². The summed E-state index contributed by atoms with van der Waals surface area (Å²) in [5, 5.41) is 0. The van der Waals surface area contributed by atoms with Crippen molar-refractivity contribution < 1.29 is 14.3 Å². The number of rotatable bonds is 5. The summed E-state index contributed by atoms with van der Waals surface area (Å²) in [6.45, 7) is 3.83. The number of para-hydroxylation sites is 2. The molecule has 0 saturated carbocycles. The van der Waals surface area contributed by atoms with Crippen molar-refractivity contribution in [3.63, 3.8) is 0 Å². The van der Waals surface area contributed by atoms with E-state index in [1.54, 1.807) is 18.2 Å².